The van der Waals surface area contributed by atoms with Gasteiger partial charge < -0.3 is 10.3 Å². The van der Waals surface area contributed by atoms with Gasteiger partial charge in [-0.3, -0.25) is 4.79 Å². The minimum atomic E-state index is 0.0231. The second-order valence-corrected chi connectivity index (χ2v) is 5.59. The van der Waals surface area contributed by atoms with Crippen molar-refractivity contribution in [1.82, 2.24) is 4.98 Å². The molecule has 0 spiro atoms. The summed E-state index contributed by atoms with van der Waals surface area (Å²) in [4.78, 5) is 15.5. The maximum atomic E-state index is 12.4. The molecule has 1 heterocycles. The molecule has 0 aliphatic rings. The summed E-state index contributed by atoms with van der Waals surface area (Å²) in [5, 5.41) is 4.23. The first-order chi connectivity index (χ1) is 10.7. The topological polar surface area (TPSA) is 44.9 Å². The highest BCUT2D eigenvalue weighted by atomic mass is 16.1. The van der Waals surface area contributed by atoms with Crippen LogP contribution in [-0.2, 0) is 17.6 Å². The molecule has 1 aromatic heterocycles. The highest BCUT2D eigenvalue weighted by Crippen LogP contribution is 2.21. The van der Waals surface area contributed by atoms with Crippen molar-refractivity contribution in [3.8, 4) is 0 Å². The number of rotatable bonds is 4. The fourth-order valence-corrected chi connectivity index (χ4v) is 2.78. The van der Waals surface area contributed by atoms with E-state index >= 15 is 0 Å². The van der Waals surface area contributed by atoms with Gasteiger partial charge >= 0.3 is 0 Å². The predicted octanol–water partition coefficient (Wildman–Crippen LogP) is 4.22. The number of aryl methyl sites for hydroxylation is 2. The number of fused-ring (bicyclic) bond motifs is 1. The molecule has 0 aliphatic heterocycles. The lowest BCUT2D eigenvalue weighted by molar-refractivity contribution is -0.115. The molecule has 1 amide bonds. The first-order valence-corrected chi connectivity index (χ1v) is 7.61. The van der Waals surface area contributed by atoms with Crippen LogP contribution in [0.25, 0.3) is 10.9 Å². The summed E-state index contributed by atoms with van der Waals surface area (Å²) in [6, 6.07) is 14.2. The second kappa shape index (κ2) is 6.06. The Bertz CT molecular complexity index is 817. The van der Waals surface area contributed by atoms with Crippen molar-refractivity contribution in [1.29, 1.82) is 0 Å². The van der Waals surface area contributed by atoms with Gasteiger partial charge in [0.2, 0.25) is 5.91 Å². The normalized spacial score (nSPS) is 10.8. The van der Waals surface area contributed by atoms with E-state index in [-0.39, 0.29) is 5.91 Å². The Balaban J connectivity index is 1.77. The van der Waals surface area contributed by atoms with Crippen LogP contribution in [0.3, 0.4) is 0 Å². The third kappa shape index (κ3) is 2.89. The second-order valence-electron chi connectivity index (χ2n) is 5.59. The number of amides is 1. The van der Waals surface area contributed by atoms with Gasteiger partial charge in [-0.1, -0.05) is 37.3 Å². The van der Waals surface area contributed by atoms with Gasteiger partial charge in [0.15, 0.2) is 0 Å². The Morgan fingerprint density at radius 1 is 1.18 bits per heavy atom. The zero-order valence-corrected chi connectivity index (χ0v) is 12.9. The van der Waals surface area contributed by atoms with Crippen molar-refractivity contribution in [3.63, 3.8) is 0 Å². The van der Waals surface area contributed by atoms with Crippen molar-refractivity contribution in [2.24, 2.45) is 0 Å². The Hall–Kier alpha value is -2.55. The molecule has 3 nitrogen and oxygen atoms in total. The number of carbonyl (C=O) groups excluding carboxylic acids is 1. The van der Waals surface area contributed by atoms with Crippen molar-refractivity contribution in [2.45, 2.75) is 26.7 Å². The highest BCUT2D eigenvalue weighted by Gasteiger charge is 2.09. The molecule has 3 heteroatoms. The number of aromatic nitrogens is 1. The van der Waals surface area contributed by atoms with E-state index in [1.165, 1.54) is 5.56 Å². The largest absolute Gasteiger partial charge is 0.361 e. The monoisotopic (exact) mass is 292 g/mol. The number of anilines is 1. The summed E-state index contributed by atoms with van der Waals surface area (Å²) < 4.78 is 0. The summed E-state index contributed by atoms with van der Waals surface area (Å²) in [6.07, 6.45) is 3.20. The van der Waals surface area contributed by atoms with E-state index in [0.717, 1.165) is 34.1 Å². The first-order valence-electron chi connectivity index (χ1n) is 7.61. The lowest BCUT2D eigenvalue weighted by Crippen LogP contribution is -2.16. The van der Waals surface area contributed by atoms with Crippen LogP contribution >= 0.6 is 0 Å². The van der Waals surface area contributed by atoms with Crippen LogP contribution < -0.4 is 5.32 Å². The predicted molar refractivity (Wildman–Crippen MR) is 91.2 cm³/mol. The first kappa shape index (κ1) is 14.4. The third-order valence-corrected chi connectivity index (χ3v) is 3.99. The van der Waals surface area contributed by atoms with Crippen LogP contribution in [0, 0.1) is 6.92 Å². The van der Waals surface area contributed by atoms with Crippen LogP contribution in [0.4, 0.5) is 5.69 Å². The summed E-state index contributed by atoms with van der Waals surface area (Å²) in [5.74, 6) is 0.0231. The highest BCUT2D eigenvalue weighted by molar-refractivity contribution is 5.94. The molecule has 22 heavy (non-hydrogen) atoms. The summed E-state index contributed by atoms with van der Waals surface area (Å²) in [6.45, 7) is 4.13. The van der Waals surface area contributed by atoms with Crippen LogP contribution in [0.1, 0.15) is 23.6 Å². The number of hydrogen-bond donors (Lipinski definition) is 2. The summed E-state index contributed by atoms with van der Waals surface area (Å²) in [5.41, 5.74) is 5.31. The van der Waals surface area contributed by atoms with Gasteiger partial charge in [-0.15, -0.1) is 0 Å². The van der Waals surface area contributed by atoms with Crippen molar-refractivity contribution in [3.05, 3.63) is 65.4 Å². The fraction of sp³-hybridized carbons (Fsp3) is 0.211. The molecule has 0 aliphatic carbocycles. The molecule has 2 N–H and O–H groups in total. The quantitative estimate of drug-likeness (QED) is 0.743. The molecule has 112 valence electrons. The van der Waals surface area contributed by atoms with E-state index < -0.39 is 0 Å². The van der Waals surface area contributed by atoms with E-state index in [2.05, 4.69) is 23.3 Å². The molecule has 0 saturated carbocycles. The van der Waals surface area contributed by atoms with Crippen LogP contribution in [0.2, 0.25) is 0 Å². The lowest BCUT2D eigenvalue weighted by atomic mass is 10.0. The third-order valence-electron chi connectivity index (χ3n) is 3.99. The van der Waals surface area contributed by atoms with Crippen LogP contribution in [0.5, 0.6) is 0 Å². The number of aromatic amines is 1. The van der Waals surface area contributed by atoms with Gasteiger partial charge in [0.1, 0.15) is 0 Å². The number of hydrogen-bond acceptors (Lipinski definition) is 1. The fourth-order valence-electron chi connectivity index (χ4n) is 2.78. The molecule has 0 saturated heterocycles. The van der Waals surface area contributed by atoms with E-state index in [0.29, 0.717) is 6.42 Å². The Morgan fingerprint density at radius 3 is 2.86 bits per heavy atom. The van der Waals surface area contributed by atoms with Crippen LogP contribution in [0.15, 0.2) is 48.7 Å². The van der Waals surface area contributed by atoms with E-state index in [1.807, 2.05) is 49.5 Å². The van der Waals surface area contributed by atoms with Gasteiger partial charge in [0.25, 0.3) is 0 Å². The summed E-state index contributed by atoms with van der Waals surface area (Å²) >= 11 is 0. The summed E-state index contributed by atoms with van der Waals surface area (Å²) in [7, 11) is 0. The average molecular weight is 292 g/mol. The number of nitrogens with one attached hydrogen (secondary N) is 2. The molecular formula is C19H20N2O. The molecule has 3 aromatic rings. The molecule has 0 radical (unpaired) electrons. The number of para-hydroxylation sites is 1. The van der Waals surface area contributed by atoms with Gasteiger partial charge in [0.05, 0.1) is 6.42 Å². The number of H-pyrrole nitrogens is 1. The minimum absolute atomic E-state index is 0.0231. The molecule has 3 rings (SSSR count). The van der Waals surface area contributed by atoms with Crippen molar-refractivity contribution in [2.75, 3.05) is 5.32 Å². The minimum Gasteiger partial charge on any atom is -0.361 e. The molecule has 0 unspecified atom stereocenters. The Labute approximate surface area is 130 Å². The Kier molecular flexibility index (Phi) is 3.96. The van der Waals surface area contributed by atoms with Crippen molar-refractivity contribution >= 4 is 22.5 Å². The maximum absolute atomic E-state index is 12.4. The molecule has 0 atom stereocenters. The smallest absolute Gasteiger partial charge is 0.228 e. The molecule has 0 fully saturated rings. The van der Waals surface area contributed by atoms with Gasteiger partial charge in [0, 0.05) is 17.4 Å². The van der Waals surface area contributed by atoms with Crippen molar-refractivity contribution < 1.29 is 4.79 Å². The van der Waals surface area contributed by atoms with Gasteiger partial charge in [-0.2, -0.15) is 0 Å². The molecular weight excluding hydrogens is 272 g/mol. The Morgan fingerprint density at radius 2 is 2.05 bits per heavy atom. The zero-order valence-electron chi connectivity index (χ0n) is 12.9. The van der Waals surface area contributed by atoms with E-state index in [9.17, 15) is 4.79 Å². The lowest BCUT2D eigenvalue weighted by Gasteiger charge is -2.13. The standard InChI is InChI=1S/C19H20N2O/c1-3-15-6-4-5-13(2)19(15)21-18(22)12-14-7-8-16-9-10-20-17(16)11-14/h4-11,20H,3,12H2,1-2H3,(H,21,22). The van der Waals surface area contributed by atoms with Crippen LogP contribution in [-0.4, -0.2) is 10.9 Å². The zero-order chi connectivity index (χ0) is 15.5. The number of carbonyl (C=O) groups is 1. The van der Waals surface area contributed by atoms with E-state index in [4.69, 9.17) is 0 Å². The maximum Gasteiger partial charge on any atom is 0.228 e. The SMILES string of the molecule is CCc1cccc(C)c1NC(=O)Cc1ccc2cc[nH]c2c1. The average Bonchev–Trinajstić information content (AvgIpc) is 2.97. The molecule has 0 bridgehead atoms. The number of benzene rings is 2. The van der Waals surface area contributed by atoms with Gasteiger partial charge in [-0.05, 0) is 47.6 Å². The molecule has 2 aromatic carbocycles. The van der Waals surface area contributed by atoms with E-state index in [1.54, 1.807) is 0 Å². The van der Waals surface area contributed by atoms with Gasteiger partial charge in [-0.25, -0.2) is 0 Å².